The van der Waals surface area contributed by atoms with Crippen LogP contribution in [0.3, 0.4) is 0 Å². The van der Waals surface area contributed by atoms with Crippen molar-refractivity contribution in [2.24, 2.45) is 11.8 Å². The first kappa shape index (κ1) is 12.4. The van der Waals surface area contributed by atoms with Crippen LogP contribution in [0.2, 0.25) is 0 Å². The van der Waals surface area contributed by atoms with Crippen LogP contribution in [0.5, 0.6) is 0 Å². The molecule has 2 unspecified atom stereocenters. The van der Waals surface area contributed by atoms with Crippen molar-refractivity contribution in [1.29, 1.82) is 0 Å². The average Bonchev–Trinajstić information content (AvgIpc) is 2.85. The molecule has 0 bridgehead atoms. The van der Waals surface area contributed by atoms with E-state index in [4.69, 9.17) is 4.74 Å². The Balaban J connectivity index is 1.69. The zero-order valence-corrected chi connectivity index (χ0v) is 10.7. The second kappa shape index (κ2) is 6.61. The van der Waals surface area contributed by atoms with Crippen LogP contribution in [0.4, 0.5) is 0 Å². The van der Waals surface area contributed by atoms with E-state index in [0.29, 0.717) is 6.04 Å². The van der Waals surface area contributed by atoms with Gasteiger partial charge in [-0.05, 0) is 38.1 Å². The van der Waals surface area contributed by atoms with Gasteiger partial charge in [0.25, 0.3) is 0 Å². The molecular weight excluding hydrogens is 198 g/mol. The van der Waals surface area contributed by atoms with Gasteiger partial charge in [0, 0.05) is 12.6 Å². The summed E-state index contributed by atoms with van der Waals surface area (Å²) in [7, 11) is 2.11. The summed E-state index contributed by atoms with van der Waals surface area (Å²) in [5.41, 5.74) is 0. The molecular formula is C14H27NO. The first-order chi connectivity index (χ1) is 7.90. The first-order valence-electron chi connectivity index (χ1n) is 7.15. The van der Waals surface area contributed by atoms with Gasteiger partial charge in [0.1, 0.15) is 0 Å². The maximum absolute atomic E-state index is 5.49. The van der Waals surface area contributed by atoms with Gasteiger partial charge in [-0.15, -0.1) is 0 Å². The predicted molar refractivity (Wildman–Crippen MR) is 67.6 cm³/mol. The van der Waals surface area contributed by atoms with Crippen molar-refractivity contribution in [3.05, 3.63) is 0 Å². The molecule has 0 amide bonds. The van der Waals surface area contributed by atoms with E-state index in [0.717, 1.165) is 25.0 Å². The largest absolute Gasteiger partial charge is 0.381 e. The van der Waals surface area contributed by atoms with Gasteiger partial charge in [-0.1, -0.05) is 32.1 Å². The molecule has 1 N–H and O–H groups in total. The highest BCUT2D eigenvalue weighted by Crippen LogP contribution is 2.29. The summed E-state index contributed by atoms with van der Waals surface area (Å²) in [6, 6.07) is 0.699. The number of hydrogen-bond donors (Lipinski definition) is 1. The minimum atomic E-state index is 0.699. The maximum Gasteiger partial charge on any atom is 0.0509 e. The fourth-order valence-electron chi connectivity index (χ4n) is 3.38. The van der Waals surface area contributed by atoms with Gasteiger partial charge >= 0.3 is 0 Å². The monoisotopic (exact) mass is 225 g/mol. The fourth-order valence-corrected chi connectivity index (χ4v) is 3.38. The fraction of sp³-hybridized carbons (Fsp3) is 1.00. The number of ether oxygens (including phenoxy) is 1. The van der Waals surface area contributed by atoms with Crippen molar-refractivity contribution in [3.63, 3.8) is 0 Å². The molecule has 2 nitrogen and oxygen atoms in total. The second-order valence-corrected chi connectivity index (χ2v) is 5.60. The summed E-state index contributed by atoms with van der Waals surface area (Å²) in [6.07, 6.45) is 11.4. The van der Waals surface area contributed by atoms with Crippen LogP contribution in [-0.4, -0.2) is 26.3 Å². The van der Waals surface area contributed by atoms with Crippen molar-refractivity contribution in [2.45, 2.75) is 57.4 Å². The lowest BCUT2D eigenvalue weighted by Gasteiger charge is -2.26. The normalized spacial score (nSPS) is 29.4. The minimum Gasteiger partial charge on any atom is -0.381 e. The second-order valence-electron chi connectivity index (χ2n) is 5.60. The van der Waals surface area contributed by atoms with Crippen molar-refractivity contribution < 1.29 is 4.74 Å². The van der Waals surface area contributed by atoms with E-state index in [1.165, 1.54) is 51.4 Å². The van der Waals surface area contributed by atoms with Crippen molar-refractivity contribution in [3.8, 4) is 0 Å². The third kappa shape index (κ3) is 3.46. The highest BCUT2D eigenvalue weighted by atomic mass is 16.5. The van der Waals surface area contributed by atoms with E-state index in [2.05, 4.69) is 12.4 Å². The molecule has 0 aromatic carbocycles. The molecule has 1 aliphatic heterocycles. The predicted octanol–water partition coefficient (Wildman–Crippen LogP) is 2.97. The Bertz CT molecular complexity index is 183. The molecule has 0 spiro atoms. The summed E-state index contributed by atoms with van der Waals surface area (Å²) in [5, 5.41) is 3.50. The Labute approximate surface area is 100 Å². The molecule has 0 radical (unpaired) electrons. The Hall–Kier alpha value is -0.0800. The highest BCUT2D eigenvalue weighted by molar-refractivity contribution is 4.79. The Morgan fingerprint density at radius 1 is 1.19 bits per heavy atom. The van der Waals surface area contributed by atoms with Gasteiger partial charge in [-0.2, -0.15) is 0 Å². The summed E-state index contributed by atoms with van der Waals surface area (Å²) in [5.74, 6) is 1.79. The van der Waals surface area contributed by atoms with Crippen LogP contribution in [0, 0.1) is 11.8 Å². The summed E-state index contributed by atoms with van der Waals surface area (Å²) in [4.78, 5) is 0. The third-order valence-corrected chi connectivity index (χ3v) is 4.52. The number of hydrogen-bond acceptors (Lipinski definition) is 2. The molecule has 1 saturated carbocycles. The zero-order valence-electron chi connectivity index (χ0n) is 10.7. The average molecular weight is 225 g/mol. The smallest absolute Gasteiger partial charge is 0.0509 e. The summed E-state index contributed by atoms with van der Waals surface area (Å²) < 4.78 is 5.49. The van der Waals surface area contributed by atoms with Crippen LogP contribution >= 0.6 is 0 Å². The van der Waals surface area contributed by atoms with Crippen LogP contribution in [-0.2, 0) is 4.74 Å². The van der Waals surface area contributed by atoms with E-state index in [-0.39, 0.29) is 0 Å². The van der Waals surface area contributed by atoms with Gasteiger partial charge in [0.15, 0.2) is 0 Å². The Morgan fingerprint density at radius 3 is 2.62 bits per heavy atom. The van der Waals surface area contributed by atoms with Crippen molar-refractivity contribution in [1.82, 2.24) is 5.32 Å². The van der Waals surface area contributed by atoms with Gasteiger partial charge < -0.3 is 10.1 Å². The van der Waals surface area contributed by atoms with Crippen LogP contribution < -0.4 is 5.32 Å². The number of nitrogens with one attached hydrogen (secondary N) is 1. The third-order valence-electron chi connectivity index (χ3n) is 4.52. The van der Waals surface area contributed by atoms with E-state index in [9.17, 15) is 0 Å². The number of rotatable bonds is 5. The van der Waals surface area contributed by atoms with Crippen molar-refractivity contribution >= 4 is 0 Å². The van der Waals surface area contributed by atoms with E-state index in [1.807, 2.05) is 0 Å². The molecule has 2 rings (SSSR count). The Morgan fingerprint density at radius 2 is 2.00 bits per heavy atom. The summed E-state index contributed by atoms with van der Waals surface area (Å²) >= 11 is 0. The van der Waals surface area contributed by atoms with E-state index in [1.54, 1.807) is 0 Å². The molecule has 0 aromatic heterocycles. The maximum atomic E-state index is 5.49. The zero-order chi connectivity index (χ0) is 11.2. The molecule has 0 aromatic rings. The molecule has 1 aliphatic carbocycles. The molecule has 1 heterocycles. The highest BCUT2D eigenvalue weighted by Gasteiger charge is 2.25. The van der Waals surface area contributed by atoms with Gasteiger partial charge in [0.05, 0.1) is 6.61 Å². The molecule has 2 aliphatic rings. The van der Waals surface area contributed by atoms with Crippen LogP contribution in [0.1, 0.15) is 51.4 Å². The van der Waals surface area contributed by atoms with Gasteiger partial charge in [0.2, 0.25) is 0 Å². The lowest BCUT2D eigenvalue weighted by Crippen LogP contribution is -2.34. The van der Waals surface area contributed by atoms with Crippen LogP contribution in [0.25, 0.3) is 0 Å². The standard InChI is InChI=1S/C14H27NO/c1-15-14(13-9-10-16-11-13)8-7-12-5-3-2-4-6-12/h12-15H,2-11H2,1H3. The lowest BCUT2D eigenvalue weighted by atomic mass is 9.83. The minimum absolute atomic E-state index is 0.699. The molecule has 16 heavy (non-hydrogen) atoms. The first-order valence-corrected chi connectivity index (χ1v) is 7.15. The molecule has 94 valence electrons. The lowest BCUT2D eigenvalue weighted by molar-refractivity contribution is 0.174. The van der Waals surface area contributed by atoms with Crippen LogP contribution in [0.15, 0.2) is 0 Å². The van der Waals surface area contributed by atoms with E-state index >= 15 is 0 Å². The van der Waals surface area contributed by atoms with Crippen molar-refractivity contribution in [2.75, 3.05) is 20.3 Å². The molecule has 2 atom stereocenters. The molecule has 2 fully saturated rings. The molecule has 2 heteroatoms. The quantitative estimate of drug-likeness (QED) is 0.776. The Kier molecular flexibility index (Phi) is 5.11. The molecule has 1 saturated heterocycles. The van der Waals surface area contributed by atoms with E-state index < -0.39 is 0 Å². The SMILES string of the molecule is CNC(CCC1CCCCC1)C1CCOC1. The van der Waals surface area contributed by atoms with Gasteiger partial charge in [-0.25, -0.2) is 0 Å². The summed E-state index contributed by atoms with van der Waals surface area (Å²) in [6.45, 7) is 1.96. The van der Waals surface area contributed by atoms with Gasteiger partial charge in [-0.3, -0.25) is 0 Å². The topological polar surface area (TPSA) is 21.3 Å².